The van der Waals surface area contributed by atoms with Gasteiger partial charge in [-0.25, -0.2) is 10.0 Å². The summed E-state index contributed by atoms with van der Waals surface area (Å²) >= 11 is 0. The second-order valence-corrected chi connectivity index (χ2v) is 4.67. The molecule has 72 valence electrons. The minimum atomic E-state index is 0.335. The summed E-state index contributed by atoms with van der Waals surface area (Å²) in [5, 5.41) is 4.71. The number of rotatable bonds is 1. The summed E-state index contributed by atoms with van der Waals surface area (Å²) in [6, 6.07) is 0. The zero-order valence-corrected chi connectivity index (χ0v) is 9.09. The molecular weight excluding hydrogens is 148 g/mol. The maximum atomic E-state index is 2.47. The quantitative estimate of drug-likeness (QED) is 0.593. The summed E-state index contributed by atoms with van der Waals surface area (Å²) < 4.78 is 0. The molecule has 1 fully saturated rings. The van der Waals surface area contributed by atoms with Crippen LogP contribution < -0.4 is 0 Å². The predicted molar refractivity (Wildman–Crippen MR) is 52.9 cm³/mol. The van der Waals surface area contributed by atoms with Gasteiger partial charge in [-0.05, 0) is 32.6 Å². The van der Waals surface area contributed by atoms with E-state index in [1.54, 1.807) is 0 Å². The highest BCUT2D eigenvalue weighted by molar-refractivity contribution is 4.88. The van der Waals surface area contributed by atoms with Crippen LogP contribution in [-0.2, 0) is 0 Å². The van der Waals surface area contributed by atoms with Crippen LogP contribution in [0.1, 0.15) is 33.6 Å². The van der Waals surface area contributed by atoms with Gasteiger partial charge >= 0.3 is 0 Å². The molecule has 2 heteroatoms. The van der Waals surface area contributed by atoms with Gasteiger partial charge in [0.1, 0.15) is 0 Å². The molecule has 0 saturated carbocycles. The molecule has 0 aromatic carbocycles. The van der Waals surface area contributed by atoms with Gasteiger partial charge in [0.15, 0.2) is 0 Å². The molecule has 0 spiro atoms. The summed E-state index contributed by atoms with van der Waals surface area (Å²) in [6.07, 6.45) is 2.71. The Morgan fingerprint density at radius 3 is 2.33 bits per heavy atom. The van der Waals surface area contributed by atoms with Gasteiger partial charge in [0.05, 0.1) is 0 Å². The molecule has 0 aromatic rings. The first-order valence-electron chi connectivity index (χ1n) is 4.91. The van der Waals surface area contributed by atoms with E-state index in [9.17, 15) is 0 Å². The molecule has 1 unspecified atom stereocenters. The lowest BCUT2D eigenvalue weighted by atomic mass is 9.81. The minimum absolute atomic E-state index is 0.335. The summed E-state index contributed by atoms with van der Waals surface area (Å²) in [4.78, 5) is 0. The van der Waals surface area contributed by atoms with Gasteiger partial charge < -0.3 is 0 Å². The Morgan fingerprint density at radius 1 is 1.33 bits per heavy atom. The predicted octanol–water partition coefficient (Wildman–Crippen LogP) is 1.97. The van der Waals surface area contributed by atoms with Crippen molar-refractivity contribution in [2.75, 3.05) is 20.6 Å². The molecule has 0 N–H and O–H groups in total. The van der Waals surface area contributed by atoms with Crippen LogP contribution in [0.15, 0.2) is 0 Å². The molecule has 1 rings (SSSR count). The van der Waals surface area contributed by atoms with Gasteiger partial charge in [-0.3, -0.25) is 0 Å². The lowest BCUT2D eigenvalue weighted by Crippen LogP contribution is -2.57. The van der Waals surface area contributed by atoms with Gasteiger partial charge in [-0.1, -0.05) is 6.92 Å². The van der Waals surface area contributed by atoms with E-state index in [1.807, 2.05) is 0 Å². The van der Waals surface area contributed by atoms with Gasteiger partial charge in [0.25, 0.3) is 0 Å². The molecule has 0 aliphatic carbocycles. The standard InChI is InChI=1S/C10H22N2/c1-9-7-6-8-12(11(4)5)10(9,2)3/h9H,6-8H2,1-5H3. The van der Waals surface area contributed by atoms with Crippen LogP contribution in [0, 0.1) is 5.92 Å². The smallest absolute Gasteiger partial charge is 0.0325 e. The molecule has 2 nitrogen and oxygen atoms in total. The molecule has 0 bridgehead atoms. The Balaban J connectivity index is 2.72. The zero-order chi connectivity index (χ0) is 9.35. The molecule has 12 heavy (non-hydrogen) atoms. The van der Waals surface area contributed by atoms with E-state index in [0.29, 0.717) is 5.54 Å². The Hall–Kier alpha value is -0.0800. The van der Waals surface area contributed by atoms with E-state index in [4.69, 9.17) is 0 Å². The molecular formula is C10H22N2. The molecule has 1 heterocycles. The Labute approximate surface area is 76.5 Å². The van der Waals surface area contributed by atoms with Crippen LogP contribution in [0.25, 0.3) is 0 Å². The van der Waals surface area contributed by atoms with Gasteiger partial charge in [-0.2, -0.15) is 0 Å². The third-order valence-corrected chi connectivity index (χ3v) is 3.36. The monoisotopic (exact) mass is 170 g/mol. The van der Waals surface area contributed by atoms with Crippen LogP contribution in [-0.4, -0.2) is 36.2 Å². The third-order valence-electron chi connectivity index (χ3n) is 3.36. The van der Waals surface area contributed by atoms with Crippen LogP contribution >= 0.6 is 0 Å². The fourth-order valence-corrected chi connectivity index (χ4v) is 2.16. The molecule has 1 aliphatic rings. The van der Waals surface area contributed by atoms with Gasteiger partial charge in [-0.15, -0.1) is 0 Å². The number of hydrazine groups is 1. The van der Waals surface area contributed by atoms with E-state index < -0.39 is 0 Å². The first-order chi connectivity index (χ1) is 5.46. The van der Waals surface area contributed by atoms with E-state index in [1.165, 1.54) is 19.4 Å². The Bertz CT molecular complexity index is 152. The Kier molecular flexibility index (Phi) is 2.79. The van der Waals surface area contributed by atoms with Gasteiger partial charge in [0.2, 0.25) is 0 Å². The number of nitrogens with zero attached hydrogens (tertiary/aromatic N) is 2. The molecule has 1 saturated heterocycles. The molecule has 0 aromatic heterocycles. The van der Waals surface area contributed by atoms with Crippen molar-refractivity contribution < 1.29 is 0 Å². The topological polar surface area (TPSA) is 6.48 Å². The van der Waals surface area contributed by atoms with E-state index in [2.05, 4.69) is 44.9 Å². The van der Waals surface area contributed by atoms with Crippen LogP contribution in [0.2, 0.25) is 0 Å². The molecule has 1 aliphatic heterocycles. The van der Waals surface area contributed by atoms with E-state index >= 15 is 0 Å². The van der Waals surface area contributed by atoms with Crippen molar-refractivity contribution in [3.05, 3.63) is 0 Å². The maximum Gasteiger partial charge on any atom is 0.0325 e. The minimum Gasteiger partial charge on any atom is -0.247 e. The average molecular weight is 170 g/mol. The molecule has 1 atom stereocenters. The van der Waals surface area contributed by atoms with Gasteiger partial charge in [0, 0.05) is 26.2 Å². The summed E-state index contributed by atoms with van der Waals surface area (Å²) in [5.74, 6) is 0.800. The van der Waals surface area contributed by atoms with Crippen molar-refractivity contribution >= 4 is 0 Å². The van der Waals surface area contributed by atoms with Crippen molar-refractivity contribution in [3.8, 4) is 0 Å². The lowest BCUT2D eigenvalue weighted by Gasteiger charge is -2.49. The lowest BCUT2D eigenvalue weighted by molar-refractivity contribution is -0.108. The molecule has 0 amide bonds. The summed E-state index contributed by atoms with van der Waals surface area (Å²) in [7, 11) is 4.28. The second kappa shape index (κ2) is 3.35. The van der Waals surface area contributed by atoms with Crippen molar-refractivity contribution in [2.24, 2.45) is 5.92 Å². The van der Waals surface area contributed by atoms with Crippen LogP contribution in [0.4, 0.5) is 0 Å². The fraction of sp³-hybridized carbons (Fsp3) is 1.00. The van der Waals surface area contributed by atoms with Crippen LogP contribution in [0.5, 0.6) is 0 Å². The number of hydrogen-bond donors (Lipinski definition) is 0. The first-order valence-corrected chi connectivity index (χ1v) is 4.91. The number of piperidine rings is 1. The second-order valence-electron chi connectivity index (χ2n) is 4.67. The first kappa shape index (κ1) is 10.0. The van der Waals surface area contributed by atoms with Crippen molar-refractivity contribution in [2.45, 2.75) is 39.2 Å². The van der Waals surface area contributed by atoms with E-state index in [-0.39, 0.29) is 0 Å². The van der Waals surface area contributed by atoms with Crippen molar-refractivity contribution in [3.63, 3.8) is 0 Å². The largest absolute Gasteiger partial charge is 0.247 e. The Morgan fingerprint density at radius 2 is 1.92 bits per heavy atom. The highest BCUT2D eigenvalue weighted by Gasteiger charge is 2.36. The van der Waals surface area contributed by atoms with Crippen molar-refractivity contribution in [1.29, 1.82) is 0 Å². The van der Waals surface area contributed by atoms with E-state index in [0.717, 1.165) is 5.92 Å². The molecule has 0 radical (unpaired) electrons. The summed E-state index contributed by atoms with van der Waals surface area (Å²) in [6.45, 7) is 8.26. The SMILES string of the molecule is CC1CCCN(N(C)C)C1(C)C. The third kappa shape index (κ3) is 1.64. The average Bonchev–Trinajstić information content (AvgIpc) is 1.94. The summed E-state index contributed by atoms with van der Waals surface area (Å²) in [5.41, 5.74) is 0.335. The normalized spacial score (nSPS) is 31.0. The fourth-order valence-electron chi connectivity index (χ4n) is 2.16. The highest BCUT2D eigenvalue weighted by atomic mass is 15.6. The van der Waals surface area contributed by atoms with Crippen molar-refractivity contribution in [1.82, 2.24) is 10.0 Å². The highest BCUT2D eigenvalue weighted by Crippen LogP contribution is 2.32. The zero-order valence-electron chi connectivity index (χ0n) is 9.09. The number of hydrogen-bond acceptors (Lipinski definition) is 2. The van der Waals surface area contributed by atoms with Crippen LogP contribution in [0.3, 0.4) is 0 Å². The maximum absolute atomic E-state index is 2.47.